The van der Waals surface area contributed by atoms with E-state index < -0.39 is 0 Å². The second kappa shape index (κ2) is 5.98. The highest BCUT2D eigenvalue weighted by molar-refractivity contribution is 9.10. The lowest BCUT2D eigenvalue weighted by molar-refractivity contribution is 0.454. The van der Waals surface area contributed by atoms with Gasteiger partial charge in [-0.15, -0.1) is 0 Å². The summed E-state index contributed by atoms with van der Waals surface area (Å²) in [5, 5.41) is 0. The van der Waals surface area contributed by atoms with Crippen LogP contribution in [0, 0.1) is 0 Å². The Kier molecular flexibility index (Phi) is 4.26. The molecule has 20 heavy (non-hydrogen) atoms. The van der Waals surface area contributed by atoms with Gasteiger partial charge in [-0.2, -0.15) is 11.8 Å². The van der Waals surface area contributed by atoms with E-state index in [1.807, 2.05) is 11.8 Å². The number of nitrogens with zero attached hydrogens (tertiary/aromatic N) is 2. The average molecular weight is 354 g/mol. The molecule has 1 aromatic carbocycles. The van der Waals surface area contributed by atoms with Gasteiger partial charge in [-0.1, -0.05) is 34.1 Å². The second-order valence-corrected chi connectivity index (χ2v) is 7.61. The first kappa shape index (κ1) is 14.3. The predicted octanol–water partition coefficient (Wildman–Crippen LogP) is 2.84. The van der Waals surface area contributed by atoms with Gasteiger partial charge in [0.15, 0.2) is 5.96 Å². The zero-order valence-corrected chi connectivity index (χ0v) is 13.9. The molecule has 0 amide bonds. The Bertz CT molecular complexity index is 508. The number of halogens is 1. The topological polar surface area (TPSA) is 41.6 Å². The quantitative estimate of drug-likeness (QED) is 0.670. The summed E-state index contributed by atoms with van der Waals surface area (Å²) in [5.41, 5.74) is 7.75. The summed E-state index contributed by atoms with van der Waals surface area (Å²) in [6.07, 6.45) is 2.42. The van der Waals surface area contributed by atoms with E-state index in [-0.39, 0.29) is 5.41 Å². The Balaban J connectivity index is 1.69. The van der Waals surface area contributed by atoms with Crippen LogP contribution in [0.4, 0.5) is 0 Å². The number of hydrogen-bond donors (Lipinski definition) is 1. The average Bonchev–Trinajstić information content (AvgIpc) is 3.27. The van der Waals surface area contributed by atoms with Crippen LogP contribution in [0.3, 0.4) is 0 Å². The number of nitrogens with two attached hydrogens (primary N) is 1. The minimum Gasteiger partial charge on any atom is -0.370 e. The molecule has 0 spiro atoms. The number of benzene rings is 1. The molecule has 1 aliphatic heterocycles. The van der Waals surface area contributed by atoms with Crippen molar-refractivity contribution >= 4 is 33.7 Å². The lowest BCUT2D eigenvalue weighted by Gasteiger charge is -2.27. The first-order chi connectivity index (χ1) is 9.71. The van der Waals surface area contributed by atoms with Crippen LogP contribution in [0.5, 0.6) is 0 Å². The van der Waals surface area contributed by atoms with Crippen molar-refractivity contribution in [2.75, 3.05) is 31.1 Å². The van der Waals surface area contributed by atoms with Crippen LogP contribution in [0.1, 0.15) is 18.4 Å². The number of guanidine groups is 1. The van der Waals surface area contributed by atoms with E-state index in [2.05, 4.69) is 50.1 Å². The van der Waals surface area contributed by atoms with Crippen molar-refractivity contribution < 1.29 is 0 Å². The van der Waals surface area contributed by atoms with Crippen molar-refractivity contribution in [3.8, 4) is 0 Å². The van der Waals surface area contributed by atoms with Crippen LogP contribution in [-0.2, 0) is 5.41 Å². The third-order valence-corrected chi connectivity index (χ3v) is 5.81. The number of hydrogen-bond acceptors (Lipinski definition) is 2. The monoisotopic (exact) mass is 353 g/mol. The highest BCUT2D eigenvalue weighted by atomic mass is 79.9. The summed E-state index contributed by atoms with van der Waals surface area (Å²) in [6.45, 7) is 2.87. The van der Waals surface area contributed by atoms with Gasteiger partial charge >= 0.3 is 0 Å². The Labute approximate surface area is 133 Å². The molecule has 0 bridgehead atoms. The second-order valence-electron chi connectivity index (χ2n) is 5.53. The number of rotatable bonds is 3. The Morgan fingerprint density at radius 1 is 1.30 bits per heavy atom. The molecule has 0 aromatic heterocycles. The lowest BCUT2D eigenvalue weighted by Crippen LogP contribution is -2.43. The molecule has 2 aliphatic rings. The van der Waals surface area contributed by atoms with Crippen molar-refractivity contribution in [1.82, 2.24) is 4.90 Å². The fourth-order valence-electron chi connectivity index (χ4n) is 2.68. The van der Waals surface area contributed by atoms with Gasteiger partial charge in [-0.3, -0.25) is 4.99 Å². The molecule has 0 unspecified atom stereocenters. The van der Waals surface area contributed by atoms with Gasteiger partial charge in [0, 0.05) is 34.5 Å². The van der Waals surface area contributed by atoms with Crippen LogP contribution in [0.2, 0.25) is 0 Å². The fraction of sp³-hybridized carbons (Fsp3) is 0.533. The summed E-state index contributed by atoms with van der Waals surface area (Å²) in [7, 11) is 0. The van der Waals surface area contributed by atoms with Crippen molar-refractivity contribution in [2.24, 2.45) is 10.7 Å². The Morgan fingerprint density at radius 3 is 2.65 bits per heavy atom. The maximum Gasteiger partial charge on any atom is 0.191 e. The highest BCUT2D eigenvalue weighted by Crippen LogP contribution is 2.50. The van der Waals surface area contributed by atoms with Crippen molar-refractivity contribution in [2.45, 2.75) is 18.3 Å². The predicted molar refractivity (Wildman–Crippen MR) is 90.4 cm³/mol. The molecule has 1 saturated heterocycles. The fourth-order valence-corrected chi connectivity index (χ4v) is 4.29. The van der Waals surface area contributed by atoms with Gasteiger partial charge in [-0.25, -0.2) is 0 Å². The molecule has 0 atom stereocenters. The molecule has 3 rings (SSSR count). The number of thioether (sulfide) groups is 1. The first-order valence-electron chi connectivity index (χ1n) is 7.09. The molecule has 0 radical (unpaired) electrons. The molecular weight excluding hydrogens is 334 g/mol. The largest absolute Gasteiger partial charge is 0.370 e. The van der Waals surface area contributed by atoms with Crippen molar-refractivity contribution in [3.05, 3.63) is 34.3 Å². The summed E-state index contributed by atoms with van der Waals surface area (Å²) < 4.78 is 1.20. The number of aliphatic imine (C=N–C) groups is 1. The van der Waals surface area contributed by atoms with E-state index in [4.69, 9.17) is 5.73 Å². The maximum absolute atomic E-state index is 6.15. The van der Waals surface area contributed by atoms with E-state index in [1.54, 1.807) is 0 Å². The summed E-state index contributed by atoms with van der Waals surface area (Å²) in [4.78, 5) is 6.90. The normalized spacial score (nSPS) is 21.9. The summed E-state index contributed by atoms with van der Waals surface area (Å²) in [5.74, 6) is 3.04. The van der Waals surface area contributed by atoms with Crippen LogP contribution in [-0.4, -0.2) is 42.0 Å². The third-order valence-electron chi connectivity index (χ3n) is 4.18. The van der Waals surface area contributed by atoms with Gasteiger partial charge in [0.2, 0.25) is 0 Å². The molecular formula is C15H20BrN3S. The summed E-state index contributed by atoms with van der Waals surface area (Å²) in [6, 6.07) is 8.49. The molecule has 1 heterocycles. The minimum absolute atomic E-state index is 0.218. The van der Waals surface area contributed by atoms with E-state index in [1.165, 1.54) is 22.9 Å². The lowest BCUT2D eigenvalue weighted by atomic mass is 9.96. The van der Waals surface area contributed by atoms with E-state index in [0.717, 1.165) is 37.1 Å². The Hall–Kier alpha value is -0.680. The van der Waals surface area contributed by atoms with E-state index in [9.17, 15) is 0 Å². The SMILES string of the molecule is NC(=NCC1(c2ccccc2Br)CC1)N1CCSCC1. The minimum atomic E-state index is 0.218. The molecule has 1 aromatic rings. The van der Waals surface area contributed by atoms with Crippen molar-refractivity contribution in [1.29, 1.82) is 0 Å². The van der Waals surface area contributed by atoms with Crippen molar-refractivity contribution in [3.63, 3.8) is 0 Å². The van der Waals surface area contributed by atoms with Crippen LogP contribution >= 0.6 is 27.7 Å². The van der Waals surface area contributed by atoms with E-state index >= 15 is 0 Å². The zero-order valence-electron chi connectivity index (χ0n) is 11.5. The third kappa shape index (κ3) is 2.98. The first-order valence-corrected chi connectivity index (χ1v) is 9.04. The molecule has 2 N–H and O–H groups in total. The van der Waals surface area contributed by atoms with Gasteiger partial charge in [0.25, 0.3) is 0 Å². The van der Waals surface area contributed by atoms with Gasteiger partial charge in [0.1, 0.15) is 0 Å². The standard InChI is InChI=1S/C15H20BrN3S/c16-13-4-2-1-3-12(13)15(5-6-15)11-18-14(17)19-7-9-20-10-8-19/h1-4H,5-11H2,(H2,17,18). The summed E-state index contributed by atoms with van der Waals surface area (Å²) >= 11 is 5.66. The van der Waals surface area contributed by atoms with Gasteiger partial charge in [-0.05, 0) is 24.5 Å². The molecule has 1 aliphatic carbocycles. The maximum atomic E-state index is 6.15. The van der Waals surface area contributed by atoms with Crippen LogP contribution in [0.25, 0.3) is 0 Å². The Morgan fingerprint density at radius 2 is 2.00 bits per heavy atom. The van der Waals surface area contributed by atoms with Crippen LogP contribution in [0.15, 0.2) is 33.7 Å². The zero-order chi connectivity index (χ0) is 14.0. The molecule has 5 heteroatoms. The van der Waals surface area contributed by atoms with E-state index in [0.29, 0.717) is 0 Å². The molecule has 1 saturated carbocycles. The van der Waals surface area contributed by atoms with Crippen LogP contribution < -0.4 is 5.73 Å². The molecule has 2 fully saturated rings. The van der Waals surface area contributed by atoms with Gasteiger partial charge < -0.3 is 10.6 Å². The smallest absolute Gasteiger partial charge is 0.191 e. The molecule has 108 valence electrons. The van der Waals surface area contributed by atoms with Gasteiger partial charge in [0.05, 0.1) is 6.54 Å². The molecule has 3 nitrogen and oxygen atoms in total. The highest BCUT2D eigenvalue weighted by Gasteiger charge is 2.45.